The Morgan fingerprint density at radius 2 is 2.21 bits per heavy atom. The molecule has 0 aliphatic carbocycles. The summed E-state index contributed by atoms with van der Waals surface area (Å²) >= 11 is 1.69. The lowest BCUT2D eigenvalue weighted by Crippen LogP contribution is -2.09. The Morgan fingerprint density at radius 3 is 3.00 bits per heavy atom. The maximum absolute atomic E-state index is 5.55. The predicted octanol–water partition coefficient (Wildman–Crippen LogP) is 3.47. The Kier molecular flexibility index (Phi) is 5.10. The molecule has 0 aliphatic rings. The number of rotatable bonds is 7. The molecule has 0 spiro atoms. The highest BCUT2D eigenvalue weighted by molar-refractivity contribution is 7.18. The summed E-state index contributed by atoms with van der Waals surface area (Å²) in [5.74, 6) is 1.54. The third-order valence-electron chi connectivity index (χ3n) is 2.74. The maximum Gasteiger partial charge on any atom is 0.147 e. The molecule has 0 radical (unpaired) electrons. The van der Waals surface area contributed by atoms with E-state index in [1.807, 2.05) is 0 Å². The van der Waals surface area contributed by atoms with Crippen LogP contribution in [0.1, 0.15) is 25.8 Å². The molecule has 1 N–H and O–H groups in total. The lowest BCUT2D eigenvalue weighted by Gasteiger charge is -2.08. The molecule has 0 amide bonds. The van der Waals surface area contributed by atoms with E-state index in [2.05, 4.69) is 41.4 Å². The normalized spacial score (nSPS) is 11.4. The molecule has 0 saturated carbocycles. The van der Waals surface area contributed by atoms with E-state index in [0.717, 1.165) is 42.2 Å². The van der Waals surface area contributed by atoms with E-state index in [-0.39, 0.29) is 0 Å². The van der Waals surface area contributed by atoms with Crippen molar-refractivity contribution in [2.24, 2.45) is 5.92 Å². The summed E-state index contributed by atoms with van der Waals surface area (Å²) < 4.78 is 6.70. The van der Waals surface area contributed by atoms with Gasteiger partial charge in [0.15, 0.2) is 0 Å². The number of fused-ring (bicyclic) bond motifs is 1. The lowest BCUT2D eigenvalue weighted by molar-refractivity contribution is 0.110. The number of ether oxygens (including phenoxy) is 1. The van der Waals surface area contributed by atoms with E-state index < -0.39 is 0 Å². The number of hydrogen-bond acceptors (Lipinski definition) is 5. The van der Waals surface area contributed by atoms with Crippen LogP contribution in [0.15, 0.2) is 11.7 Å². The van der Waals surface area contributed by atoms with Crippen LogP contribution in [0.25, 0.3) is 10.2 Å². The van der Waals surface area contributed by atoms with Crippen LogP contribution in [-0.4, -0.2) is 29.7 Å². The highest BCUT2D eigenvalue weighted by Gasteiger charge is 2.07. The van der Waals surface area contributed by atoms with Gasteiger partial charge in [0.2, 0.25) is 0 Å². The molecule has 19 heavy (non-hydrogen) atoms. The quantitative estimate of drug-likeness (QED) is 0.788. The highest BCUT2D eigenvalue weighted by atomic mass is 32.1. The van der Waals surface area contributed by atoms with Crippen LogP contribution in [0.4, 0.5) is 5.82 Å². The summed E-state index contributed by atoms with van der Waals surface area (Å²) in [6.07, 6.45) is 2.61. The van der Waals surface area contributed by atoms with Gasteiger partial charge in [-0.2, -0.15) is 0 Å². The number of aromatic nitrogens is 2. The fraction of sp³-hybridized carbons (Fsp3) is 0.571. The fourth-order valence-corrected chi connectivity index (χ4v) is 2.76. The zero-order valence-electron chi connectivity index (χ0n) is 11.8. The highest BCUT2D eigenvalue weighted by Crippen LogP contribution is 2.28. The van der Waals surface area contributed by atoms with Crippen LogP contribution in [-0.2, 0) is 4.74 Å². The zero-order chi connectivity index (χ0) is 13.7. The van der Waals surface area contributed by atoms with E-state index in [9.17, 15) is 0 Å². The van der Waals surface area contributed by atoms with Gasteiger partial charge in [0.25, 0.3) is 0 Å². The lowest BCUT2D eigenvalue weighted by atomic mass is 10.2. The molecule has 0 saturated heterocycles. The van der Waals surface area contributed by atoms with Crippen LogP contribution >= 0.6 is 11.3 Å². The number of aryl methyl sites for hydroxylation is 1. The Bertz CT molecular complexity index is 524. The van der Waals surface area contributed by atoms with E-state index in [1.165, 1.54) is 5.56 Å². The van der Waals surface area contributed by atoms with Crippen LogP contribution in [0.3, 0.4) is 0 Å². The van der Waals surface area contributed by atoms with Gasteiger partial charge in [-0.05, 0) is 30.2 Å². The predicted molar refractivity (Wildman–Crippen MR) is 80.9 cm³/mol. The van der Waals surface area contributed by atoms with Crippen molar-refractivity contribution in [1.82, 2.24) is 9.97 Å². The van der Waals surface area contributed by atoms with Crippen molar-refractivity contribution in [3.8, 4) is 0 Å². The van der Waals surface area contributed by atoms with E-state index in [0.29, 0.717) is 5.92 Å². The molecule has 0 fully saturated rings. The van der Waals surface area contributed by atoms with Crippen molar-refractivity contribution >= 4 is 27.4 Å². The minimum absolute atomic E-state index is 0.601. The second kappa shape index (κ2) is 6.82. The Balaban J connectivity index is 1.82. The van der Waals surface area contributed by atoms with Gasteiger partial charge in [0, 0.05) is 19.8 Å². The first-order chi connectivity index (χ1) is 9.18. The largest absolute Gasteiger partial charge is 0.381 e. The van der Waals surface area contributed by atoms with Crippen molar-refractivity contribution < 1.29 is 4.74 Å². The minimum Gasteiger partial charge on any atom is -0.381 e. The molecule has 2 aromatic rings. The number of nitrogens with zero attached hydrogens (tertiary/aromatic N) is 2. The van der Waals surface area contributed by atoms with E-state index >= 15 is 0 Å². The number of thiophene rings is 1. The second-order valence-electron chi connectivity index (χ2n) is 5.07. The molecule has 0 unspecified atom stereocenters. The summed E-state index contributed by atoms with van der Waals surface area (Å²) in [5, 5.41) is 5.49. The van der Waals surface area contributed by atoms with Crippen molar-refractivity contribution in [1.29, 1.82) is 0 Å². The Hall–Kier alpha value is -1.20. The average molecular weight is 279 g/mol. The third kappa shape index (κ3) is 3.88. The second-order valence-corrected chi connectivity index (χ2v) is 5.95. The molecule has 4 nitrogen and oxygen atoms in total. The van der Waals surface area contributed by atoms with Gasteiger partial charge >= 0.3 is 0 Å². The summed E-state index contributed by atoms with van der Waals surface area (Å²) in [5.41, 5.74) is 2.27. The van der Waals surface area contributed by atoms with Gasteiger partial charge < -0.3 is 10.1 Å². The topological polar surface area (TPSA) is 47.0 Å². The van der Waals surface area contributed by atoms with Crippen LogP contribution in [0, 0.1) is 12.8 Å². The Labute approximate surface area is 118 Å². The van der Waals surface area contributed by atoms with E-state index in [1.54, 1.807) is 17.7 Å². The standard InChI is InChI=1S/C14H21N3OS/c1-10(2)7-18-6-4-5-15-14-13-12(16-9-17-14)11(3)8-19-13/h8-10H,4-7H2,1-3H3,(H,15,16,17). The molecule has 0 atom stereocenters. The van der Waals surface area contributed by atoms with Crippen molar-refractivity contribution in [3.05, 3.63) is 17.3 Å². The third-order valence-corrected chi connectivity index (χ3v) is 3.83. The first kappa shape index (κ1) is 14.2. The summed E-state index contributed by atoms with van der Waals surface area (Å²) in [6, 6.07) is 0. The average Bonchev–Trinajstić information content (AvgIpc) is 2.76. The van der Waals surface area contributed by atoms with E-state index in [4.69, 9.17) is 4.74 Å². The smallest absolute Gasteiger partial charge is 0.147 e. The molecule has 2 rings (SSSR count). The van der Waals surface area contributed by atoms with Crippen molar-refractivity contribution in [3.63, 3.8) is 0 Å². The summed E-state index contributed by atoms with van der Waals surface area (Å²) in [4.78, 5) is 8.63. The van der Waals surface area contributed by atoms with Crippen molar-refractivity contribution in [2.75, 3.05) is 25.1 Å². The van der Waals surface area contributed by atoms with Gasteiger partial charge in [-0.25, -0.2) is 9.97 Å². The van der Waals surface area contributed by atoms with Crippen LogP contribution in [0.5, 0.6) is 0 Å². The van der Waals surface area contributed by atoms with Crippen LogP contribution < -0.4 is 5.32 Å². The molecular formula is C14H21N3OS. The minimum atomic E-state index is 0.601. The Morgan fingerprint density at radius 1 is 1.37 bits per heavy atom. The number of nitrogens with one attached hydrogen (secondary N) is 1. The van der Waals surface area contributed by atoms with Gasteiger partial charge in [-0.3, -0.25) is 0 Å². The molecule has 104 valence electrons. The molecule has 2 heterocycles. The fourth-order valence-electron chi connectivity index (χ4n) is 1.80. The molecule has 0 aromatic carbocycles. The summed E-state index contributed by atoms with van der Waals surface area (Å²) in [6.45, 7) is 8.91. The first-order valence-electron chi connectivity index (χ1n) is 6.69. The first-order valence-corrected chi connectivity index (χ1v) is 7.57. The van der Waals surface area contributed by atoms with Gasteiger partial charge in [-0.1, -0.05) is 13.8 Å². The molecule has 2 aromatic heterocycles. The molecule has 0 bridgehead atoms. The van der Waals surface area contributed by atoms with Gasteiger partial charge in [0.05, 0.1) is 10.2 Å². The van der Waals surface area contributed by atoms with Gasteiger partial charge in [0.1, 0.15) is 12.1 Å². The number of hydrogen-bond donors (Lipinski definition) is 1. The summed E-state index contributed by atoms with van der Waals surface area (Å²) in [7, 11) is 0. The molecule has 5 heteroatoms. The SMILES string of the molecule is Cc1csc2c(NCCCOCC(C)C)ncnc12. The van der Waals surface area contributed by atoms with Crippen molar-refractivity contribution in [2.45, 2.75) is 27.2 Å². The molecular weight excluding hydrogens is 258 g/mol. The van der Waals surface area contributed by atoms with Crippen LogP contribution in [0.2, 0.25) is 0 Å². The van der Waals surface area contributed by atoms with Gasteiger partial charge in [-0.15, -0.1) is 11.3 Å². The number of anilines is 1. The maximum atomic E-state index is 5.55. The monoisotopic (exact) mass is 279 g/mol. The molecule has 0 aliphatic heterocycles. The zero-order valence-corrected chi connectivity index (χ0v) is 12.6.